The summed E-state index contributed by atoms with van der Waals surface area (Å²) in [7, 11) is 0. The first kappa shape index (κ1) is 16.7. The highest BCUT2D eigenvalue weighted by Crippen LogP contribution is 2.40. The number of hydrogen-bond acceptors (Lipinski definition) is 4. The second-order valence-electron chi connectivity index (χ2n) is 4.65. The van der Waals surface area contributed by atoms with E-state index in [9.17, 15) is 9.59 Å². The molecule has 22 heavy (non-hydrogen) atoms. The maximum absolute atomic E-state index is 12.3. The van der Waals surface area contributed by atoms with Crippen LogP contribution in [-0.4, -0.2) is 18.5 Å². The molecule has 0 aliphatic rings. The van der Waals surface area contributed by atoms with Crippen LogP contribution in [0.5, 0.6) is 0 Å². The van der Waals surface area contributed by atoms with Crippen LogP contribution in [0.15, 0.2) is 28.7 Å². The van der Waals surface area contributed by atoms with Gasteiger partial charge in [-0.05, 0) is 31.5 Å². The van der Waals surface area contributed by atoms with E-state index in [1.54, 1.807) is 6.92 Å². The lowest BCUT2D eigenvalue weighted by Crippen LogP contribution is -2.11. The SMILES string of the molecule is CCOC(=O)c1c(NC(C)=O)sc(C)c1-c1ccc(Br)cc1. The summed E-state index contributed by atoms with van der Waals surface area (Å²) < 4.78 is 6.12. The number of nitrogens with one attached hydrogen (secondary N) is 1. The molecule has 1 N–H and O–H groups in total. The fourth-order valence-corrected chi connectivity index (χ4v) is 3.53. The van der Waals surface area contributed by atoms with Gasteiger partial charge in [-0.3, -0.25) is 4.79 Å². The number of esters is 1. The Hall–Kier alpha value is -1.66. The zero-order chi connectivity index (χ0) is 16.3. The third-order valence-corrected chi connectivity index (χ3v) is 4.54. The average Bonchev–Trinajstić information content (AvgIpc) is 2.75. The van der Waals surface area contributed by atoms with Crippen molar-refractivity contribution < 1.29 is 14.3 Å². The number of carbonyl (C=O) groups is 2. The van der Waals surface area contributed by atoms with E-state index in [2.05, 4.69) is 21.2 Å². The van der Waals surface area contributed by atoms with Crippen LogP contribution in [0.2, 0.25) is 0 Å². The van der Waals surface area contributed by atoms with E-state index >= 15 is 0 Å². The van der Waals surface area contributed by atoms with Crippen molar-refractivity contribution in [2.75, 3.05) is 11.9 Å². The van der Waals surface area contributed by atoms with E-state index in [0.29, 0.717) is 10.6 Å². The van der Waals surface area contributed by atoms with Crippen LogP contribution in [-0.2, 0) is 9.53 Å². The molecule has 2 aromatic rings. The smallest absolute Gasteiger partial charge is 0.341 e. The minimum absolute atomic E-state index is 0.214. The van der Waals surface area contributed by atoms with Crippen molar-refractivity contribution in [1.29, 1.82) is 0 Å². The minimum atomic E-state index is -0.423. The number of rotatable bonds is 4. The largest absolute Gasteiger partial charge is 0.462 e. The molecule has 1 aromatic heterocycles. The number of thiophene rings is 1. The standard InChI is InChI=1S/C16H16BrNO3S/c1-4-21-16(20)14-13(11-5-7-12(17)8-6-11)9(2)22-15(14)18-10(3)19/h5-8H,4H2,1-3H3,(H,18,19). The van der Waals surface area contributed by atoms with Crippen LogP contribution >= 0.6 is 27.3 Å². The fourth-order valence-electron chi connectivity index (χ4n) is 2.15. The summed E-state index contributed by atoms with van der Waals surface area (Å²) in [6.45, 7) is 5.39. The molecule has 0 saturated carbocycles. The molecule has 0 spiro atoms. The molecule has 0 bridgehead atoms. The topological polar surface area (TPSA) is 55.4 Å². The van der Waals surface area contributed by atoms with Gasteiger partial charge >= 0.3 is 5.97 Å². The lowest BCUT2D eigenvalue weighted by atomic mass is 10.0. The Morgan fingerprint density at radius 1 is 1.27 bits per heavy atom. The molecule has 1 heterocycles. The van der Waals surface area contributed by atoms with Crippen LogP contribution in [0.25, 0.3) is 11.1 Å². The first-order valence-electron chi connectivity index (χ1n) is 6.78. The minimum Gasteiger partial charge on any atom is -0.462 e. The second-order valence-corrected chi connectivity index (χ2v) is 6.79. The quantitative estimate of drug-likeness (QED) is 0.785. The number of halogens is 1. The lowest BCUT2D eigenvalue weighted by molar-refractivity contribution is -0.114. The average molecular weight is 382 g/mol. The molecule has 1 aromatic carbocycles. The highest BCUT2D eigenvalue weighted by Gasteiger charge is 2.24. The van der Waals surface area contributed by atoms with Gasteiger partial charge in [0, 0.05) is 21.8 Å². The summed E-state index contributed by atoms with van der Waals surface area (Å²) in [5, 5.41) is 3.25. The van der Waals surface area contributed by atoms with Gasteiger partial charge in [0.2, 0.25) is 5.91 Å². The number of ether oxygens (including phenoxy) is 1. The molecule has 2 rings (SSSR count). The van der Waals surface area contributed by atoms with Crippen LogP contribution in [0.3, 0.4) is 0 Å². The zero-order valence-electron chi connectivity index (χ0n) is 12.5. The van der Waals surface area contributed by atoms with Crippen molar-refractivity contribution in [3.8, 4) is 11.1 Å². The normalized spacial score (nSPS) is 10.4. The van der Waals surface area contributed by atoms with Crippen LogP contribution in [0.1, 0.15) is 29.1 Å². The highest BCUT2D eigenvalue weighted by molar-refractivity contribution is 9.10. The Bertz CT molecular complexity index is 707. The molecule has 0 fully saturated rings. The number of benzene rings is 1. The van der Waals surface area contributed by atoms with E-state index in [1.165, 1.54) is 18.3 Å². The van der Waals surface area contributed by atoms with E-state index in [-0.39, 0.29) is 12.5 Å². The van der Waals surface area contributed by atoms with Crippen LogP contribution < -0.4 is 5.32 Å². The fraction of sp³-hybridized carbons (Fsp3) is 0.250. The van der Waals surface area contributed by atoms with Gasteiger partial charge in [0.05, 0.1) is 6.61 Å². The van der Waals surface area contributed by atoms with Gasteiger partial charge in [0.15, 0.2) is 0 Å². The summed E-state index contributed by atoms with van der Waals surface area (Å²) in [5.74, 6) is -0.636. The predicted molar refractivity (Wildman–Crippen MR) is 92.5 cm³/mol. The Balaban J connectivity index is 2.60. The Kier molecular flexibility index (Phi) is 5.37. The van der Waals surface area contributed by atoms with Crippen molar-refractivity contribution in [3.05, 3.63) is 39.2 Å². The predicted octanol–water partition coefficient (Wildman–Crippen LogP) is 4.62. The van der Waals surface area contributed by atoms with Gasteiger partial charge in [-0.15, -0.1) is 11.3 Å². The lowest BCUT2D eigenvalue weighted by Gasteiger charge is -2.08. The Morgan fingerprint density at radius 2 is 1.91 bits per heavy atom. The van der Waals surface area contributed by atoms with Gasteiger partial charge in [-0.2, -0.15) is 0 Å². The molecule has 0 unspecified atom stereocenters. The number of aryl methyl sites for hydroxylation is 1. The third kappa shape index (κ3) is 3.56. The monoisotopic (exact) mass is 381 g/mol. The van der Waals surface area contributed by atoms with E-state index in [0.717, 1.165) is 20.5 Å². The zero-order valence-corrected chi connectivity index (χ0v) is 14.9. The van der Waals surface area contributed by atoms with E-state index in [4.69, 9.17) is 4.74 Å². The number of hydrogen-bond donors (Lipinski definition) is 1. The highest BCUT2D eigenvalue weighted by atomic mass is 79.9. The summed E-state index contributed by atoms with van der Waals surface area (Å²) in [6.07, 6.45) is 0. The number of anilines is 1. The first-order chi connectivity index (χ1) is 10.4. The Labute approximate surface area is 141 Å². The maximum Gasteiger partial charge on any atom is 0.341 e. The molecule has 0 aliphatic carbocycles. The van der Waals surface area contributed by atoms with Gasteiger partial charge < -0.3 is 10.1 Å². The molecular formula is C16H16BrNO3S. The Morgan fingerprint density at radius 3 is 2.45 bits per heavy atom. The van der Waals surface area contributed by atoms with Crippen molar-refractivity contribution in [3.63, 3.8) is 0 Å². The molecule has 0 saturated heterocycles. The van der Waals surface area contributed by atoms with E-state index in [1.807, 2.05) is 31.2 Å². The number of amides is 1. The van der Waals surface area contributed by atoms with Gasteiger partial charge in [-0.25, -0.2) is 4.79 Å². The number of carbonyl (C=O) groups excluding carboxylic acids is 2. The molecular weight excluding hydrogens is 366 g/mol. The van der Waals surface area contributed by atoms with Gasteiger partial charge in [0.1, 0.15) is 10.6 Å². The van der Waals surface area contributed by atoms with Gasteiger partial charge in [0.25, 0.3) is 0 Å². The van der Waals surface area contributed by atoms with Crippen LogP contribution in [0, 0.1) is 6.92 Å². The van der Waals surface area contributed by atoms with Gasteiger partial charge in [-0.1, -0.05) is 28.1 Å². The molecule has 0 atom stereocenters. The van der Waals surface area contributed by atoms with Crippen LogP contribution in [0.4, 0.5) is 5.00 Å². The second kappa shape index (κ2) is 7.07. The van der Waals surface area contributed by atoms with Crippen molar-refractivity contribution in [1.82, 2.24) is 0 Å². The third-order valence-electron chi connectivity index (χ3n) is 2.99. The molecule has 0 radical (unpaired) electrons. The molecule has 4 nitrogen and oxygen atoms in total. The molecule has 116 valence electrons. The summed E-state index contributed by atoms with van der Waals surface area (Å²) in [5.41, 5.74) is 2.14. The maximum atomic E-state index is 12.3. The summed E-state index contributed by atoms with van der Waals surface area (Å²) >= 11 is 4.78. The molecule has 1 amide bonds. The van der Waals surface area contributed by atoms with Crippen molar-refractivity contribution in [2.45, 2.75) is 20.8 Å². The van der Waals surface area contributed by atoms with Crippen molar-refractivity contribution in [2.24, 2.45) is 0 Å². The molecule has 6 heteroatoms. The van der Waals surface area contributed by atoms with Crippen molar-refractivity contribution >= 4 is 44.1 Å². The van der Waals surface area contributed by atoms with E-state index < -0.39 is 5.97 Å². The first-order valence-corrected chi connectivity index (χ1v) is 8.39. The molecule has 0 aliphatic heterocycles. The summed E-state index contributed by atoms with van der Waals surface area (Å²) in [6, 6.07) is 7.69. The summed E-state index contributed by atoms with van der Waals surface area (Å²) in [4.78, 5) is 24.7.